The number of nitrogens with zero attached hydrogens (tertiary/aromatic N) is 3. The highest BCUT2D eigenvalue weighted by Gasteiger charge is 2.58. The van der Waals surface area contributed by atoms with Crippen LogP contribution in [-0.2, 0) is 14.4 Å². The summed E-state index contributed by atoms with van der Waals surface area (Å²) in [7, 11) is 0. The Bertz CT molecular complexity index is 713. The van der Waals surface area contributed by atoms with Gasteiger partial charge in [-0.1, -0.05) is 12.1 Å². The fraction of sp³-hybridized carbons (Fsp3) is 0.412. The van der Waals surface area contributed by atoms with Crippen molar-refractivity contribution in [2.24, 2.45) is 5.41 Å². The predicted octanol–water partition coefficient (Wildman–Crippen LogP) is 0.578. The van der Waals surface area contributed by atoms with Crippen LogP contribution in [0.2, 0.25) is 0 Å². The van der Waals surface area contributed by atoms with E-state index >= 15 is 0 Å². The molecule has 1 aromatic rings. The van der Waals surface area contributed by atoms with Crippen molar-refractivity contribution in [1.29, 1.82) is 5.26 Å². The zero-order chi connectivity index (χ0) is 17.2. The van der Waals surface area contributed by atoms with E-state index in [0.29, 0.717) is 50.3 Å². The molecule has 0 radical (unpaired) electrons. The number of para-hydroxylation sites is 1. The van der Waals surface area contributed by atoms with Crippen LogP contribution in [0.25, 0.3) is 0 Å². The predicted molar refractivity (Wildman–Crippen MR) is 85.7 cm³/mol. The number of amides is 3. The molecule has 0 atom stereocenters. The molecule has 1 aromatic carbocycles. The van der Waals surface area contributed by atoms with Crippen molar-refractivity contribution >= 4 is 23.9 Å². The molecule has 2 fully saturated rings. The second kappa shape index (κ2) is 6.32. The van der Waals surface area contributed by atoms with Crippen LogP contribution < -0.4 is 5.32 Å². The molecular formula is C17H18N4O3. The minimum atomic E-state index is -1.02. The monoisotopic (exact) mass is 326 g/mol. The standard InChI is InChI=1S/C17H18N4O3/c18-11-13-3-1-2-4-14(13)19-15(23)17(5-6-17)16(24)21-9-7-20(12-22)8-10-21/h1-4,12H,5-10H2,(H,19,23). The van der Waals surface area contributed by atoms with Crippen LogP contribution in [0.15, 0.2) is 24.3 Å². The van der Waals surface area contributed by atoms with Crippen molar-refractivity contribution in [3.05, 3.63) is 29.8 Å². The highest BCUT2D eigenvalue weighted by atomic mass is 16.2. The zero-order valence-corrected chi connectivity index (χ0v) is 13.2. The smallest absolute Gasteiger partial charge is 0.240 e. The average molecular weight is 326 g/mol. The lowest BCUT2D eigenvalue weighted by Crippen LogP contribution is -2.52. The van der Waals surface area contributed by atoms with Gasteiger partial charge in [0.25, 0.3) is 0 Å². The molecule has 0 unspecified atom stereocenters. The number of benzene rings is 1. The van der Waals surface area contributed by atoms with Gasteiger partial charge in [-0.25, -0.2) is 0 Å². The minimum absolute atomic E-state index is 0.181. The van der Waals surface area contributed by atoms with E-state index in [4.69, 9.17) is 5.26 Å². The molecule has 2 aliphatic rings. The van der Waals surface area contributed by atoms with Gasteiger partial charge in [0.1, 0.15) is 11.5 Å². The van der Waals surface area contributed by atoms with Crippen molar-refractivity contribution in [3.8, 4) is 6.07 Å². The summed E-state index contributed by atoms with van der Waals surface area (Å²) in [5.74, 6) is -0.534. The van der Waals surface area contributed by atoms with Crippen LogP contribution in [0.4, 0.5) is 5.69 Å². The number of nitrogens with one attached hydrogen (secondary N) is 1. The van der Waals surface area contributed by atoms with E-state index in [0.717, 1.165) is 6.41 Å². The number of nitriles is 1. The molecule has 0 aromatic heterocycles. The summed E-state index contributed by atoms with van der Waals surface area (Å²) in [6.07, 6.45) is 1.81. The molecule has 3 rings (SSSR count). The number of hydrogen-bond acceptors (Lipinski definition) is 4. The third-order valence-electron chi connectivity index (χ3n) is 4.64. The SMILES string of the molecule is N#Cc1ccccc1NC(=O)C1(C(=O)N2CCN(C=O)CC2)CC1. The molecule has 1 aliphatic carbocycles. The lowest BCUT2D eigenvalue weighted by atomic mass is 10.0. The van der Waals surface area contributed by atoms with E-state index in [2.05, 4.69) is 5.32 Å². The molecule has 0 bridgehead atoms. The zero-order valence-electron chi connectivity index (χ0n) is 13.2. The van der Waals surface area contributed by atoms with E-state index < -0.39 is 5.41 Å². The second-order valence-corrected chi connectivity index (χ2v) is 6.13. The number of piperazine rings is 1. The lowest BCUT2D eigenvalue weighted by molar-refractivity contribution is -0.144. The Morgan fingerprint density at radius 3 is 2.42 bits per heavy atom. The van der Waals surface area contributed by atoms with E-state index in [1.54, 1.807) is 34.1 Å². The lowest BCUT2D eigenvalue weighted by Gasteiger charge is -2.34. The normalized spacial score (nSPS) is 18.5. The van der Waals surface area contributed by atoms with Gasteiger partial charge in [0, 0.05) is 26.2 Å². The van der Waals surface area contributed by atoms with Gasteiger partial charge in [0.2, 0.25) is 18.2 Å². The fourth-order valence-electron chi connectivity index (χ4n) is 2.93. The maximum Gasteiger partial charge on any atom is 0.240 e. The van der Waals surface area contributed by atoms with E-state index in [9.17, 15) is 14.4 Å². The van der Waals surface area contributed by atoms with Crippen LogP contribution in [0.5, 0.6) is 0 Å². The quantitative estimate of drug-likeness (QED) is 0.647. The summed E-state index contributed by atoms with van der Waals surface area (Å²) in [6.45, 7) is 1.87. The Morgan fingerprint density at radius 1 is 1.17 bits per heavy atom. The first kappa shape index (κ1) is 16.0. The van der Waals surface area contributed by atoms with Crippen LogP contribution >= 0.6 is 0 Å². The summed E-state index contributed by atoms with van der Waals surface area (Å²) >= 11 is 0. The highest BCUT2D eigenvalue weighted by molar-refractivity contribution is 6.13. The van der Waals surface area contributed by atoms with Gasteiger partial charge in [-0.05, 0) is 25.0 Å². The third-order valence-corrected chi connectivity index (χ3v) is 4.64. The van der Waals surface area contributed by atoms with E-state index in [1.165, 1.54) is 0 Å². The van der Waals surface area contributed by atoms with Gasteiger partial charge < -0.3 is 15.1 Å². The molecule has 124 valence electrons. The van der Waals surface area contributed by atoms with Crippen LogP contribution in [0.1, 0.15) is 18.4 Å². The van der Waals surface area contributed by atoms with Crippen molar-refractivity contribution in [1.82, 2.24) is 9.80 Å². The van der Waals surface area contributed by atoms with Gasteiger partial charge in [0.15, 0.2) is 0 Å². The second-order valence-electron chi connectivity index (χ2n) is 6.13. The van der Waals surface area contributed by atoms with Gasteiger partial charge in [-0.15, -0.1) is 0 Å². The van der Waals surface area contributed by atoms with Crippen molar-refractivity contribution < 1.29 is 14.4 Å². The molecule has 7 heteroatoms. The highest BCUT2D eigenvalue weighted by Crippen LogP contribution is 2.48. The molecule has 1 heterocycles. The Morgan fingerprint density at radius 2 is 1.83 bits per heavy atom. The van der Waals surface area contributed by atoms with E-state index in [1.807, 2.05) is 6.07 Å². The molecule has 0 spiro atoms. The molecule has 1 aliphatic heterocycles. The Balaban J connectivity index is 1.69. The Kier molecular flexibility index (Phi) is 4.21. The van der Waals surface area contributed by atoms with Crippen molar-refractivity contribution in [3.63, 3.8) is 0 Å². The average Bonchev–Trinajstić information content (AvgIpc) is 3.43. The summed E-state index contributed by atoms with van der Waals surface area (Å²) in [6, 6.07) is 8.75. The van der Waals surface area contributed by atoms with Crippen molar-refractivity contribution in [2.75, 3.05) is 31.5 Å². The van der Waals surface area contributed by atoms with Crippen LogP contribution in [0, 0.1) is 16.7 Å². The fourth-order valence-corrected chi connectivity index (χ4v) is 2.93. The molecule has 1 saturated carbocycles. The summed E-state index contributed by atoms with van der Waals surface area (Å²) in [4.78, 5) is 39.4. The maximum absolute atomic E-state index is 12.8. The summed E-state index contributed by atoms with van der Waals surface area (Å²) < 4.78 is 0. The first-order valence-corrected chi connectivity index (χ1v) is 7.90. The molecular weight excluding hydrogens is 308 g/mol. The number of carbonyl (C=O) groups excluding carboxylic acids is 3. The number of hydrogen-bond donors (Lipinski definition) is 1. The first-order chi connectivity index (χ1) is 11.6. The first-order valence-electron chi connectivity index (χ1n) is 7.90. The topological polar surface area (TPSA) is 93.5 Å². The summed E-state index contributed by atoms with van der Waals surface area (Å²) in [5, 5.41) is 11.8. The molecule has 1 N–H and O–H groups in total. The minimum Gasteiger partial charge on any atom is -0.342 e. The largest absolute Gasteiger partial charge is 0.342 e. The maximum atomic E-state index is 12.8. The van der Waals surface area contributed by atoms with Crippen LogP contribution in [-0.4, -0.2) is 54.2 Å². The molecule has 3 amide bonds. The Labute approximate surface area is 139 Å². The molecule has 7 nitrogen and oxygen atoms in total. The molecule has 24 heavy (non-hydrogen) atoms. The van der Waals surface area contributed by atoms with E-state index in [-0.39, 0.29) is 11.8 Å². The third kappa shape index (κ3) is 2.83. The summed E-state index contributed by atoms with van der Waals surface area (Å²) in [5.41, 5.74) is -0.227. The Hall–Kier alpha value is -2.88. The van der Waals surface area contributed by atoms with Gasteiger partial charge in [-0.2, -0.15) is 5.26 Å². The number of anilines is 1. The van der Waals surface area contributed by atoms with Crippen molar-refractivity contribution in [2.45, 2.75) is 12.8 Å². The van der Waals surface area contributed by atoms with Gasteiger partial charge >= 0.3 is 0 Å². The molecule has 1 saturated heterocycles. The van der Waals surface area contributed by atoms with Crippen LogP contribution in [0.3, 0.4) is 0 Å². The number of rotatable bonds is 4. The van der Waals surface area contributed by atoms with Gasteiger partial charge in [0.05, 0.1) is 11.3 Å². The van der Waals surface area contributed by atoms with Gasteiger partial charge in [-0.3, -0.25) is 14.4 Å². The number of carbonyl (C=O) groups is 3.